The van der Waals surface area contributed by atoms with Gasteiger partial charge in [-0.15, -0.1) is 11.3 Å². The predicted molar refractivity (Wildman–Crippen MR) is 87.7 cm³/mol. The second-order valence-corrected chi connectivity index (χ2v) is 5.71. The molecule has 2 heterocycles. The molecule has 2 aromatic heterocycles. The van der Waals surface area contributed by atoms with Crippen molar-refractivity contribution in [1.82, 2.24) is 9.97 Å². The Bertz CT molecular complexity index is 853. The molecule has 0 aliphatic heterocycles. The summed E-state index contributed by atoms with van der Waals surface area (Å²) in [7, 11) is 0. The SMILES string of the molecule is CCOc1cc(F)ccc1-c1sc2c(NN)ncnc2c1CO. The molecule has 120 valence electrons. The van der Waals surface area contributed by atoms with Gasteiger partial charge in [-0.05, 0) is 19.1 Å². The Morgan fingerprint density at radius 2 is 2.22 bits per heavy atom. The van der Waals surface area contributed by atoms with Gasteiger partial charge in [-0.2, -0.15) is 0 Å². The highest BCUT2D eigenvalue weighted by Crippen LogP contribution is 2.43. The fraction of sp³-hybridized carbons (Fsp3) is 0.200. The normalized spacial score (nSPS) is 11.0. The number of fused-ring (bicyclic) bond motifs is 1. The molecular formula is C15H15FN4O2S. The standard InChI is InChI=1S/C15H15FN4O2S/c1-2-22-11-5-8(16)3-4-9(11)13-10(6-21)12-14(23-13)15(20-17)19-7-18-12/h3-5,7,21H,2,6,17H2,1H3,(H,18,19,20). The lowest BCUT2D eigenvalue weighted by molar-refractivity contribution is 0.284. The second-order valence-electron chi connectivity index (χ2n) is 4.69. The van der Waals surface area contributed by atoms with Crippen LogP contribution < -0.4 is 16.0 Å². The van der Waals surface area contributed by atoms with E-state index < -0.39 is 0 Å². The summed E-state index contributed by atoms with van der Waals surface area (Å²) in [5.41, 5.74) is 4.47. The Morgan fingerprint density at radius 1 is 1.39 bits per heavy atom. The maximum atomic E-state index is 13.5. The number of ether oxygens (including phenoxy) is 1. The first-order chi connectivity index (χ1) is 11.2. The van der Waals surface area contributed by atoms with Crippen LogP contribution in [0.4, 0.5) is 10.2 Å². The van der Waals surface area contributed by atoms with Crippen LogP contribution in [0, 0.1) is 5.82 Å². The predicted octanol–water partition coefficient (Wildman–Crippen LogP) is 2.67. The molecule has 6 nitrogen and oxygen atoms in total. The van der Waals surface area contributed by atoms with Gasteiger partial charge in [0.05, 0.1) is 23.4 Å². The van der Waals surface area contributed by atoms with Crippen molar-refractivity contribution in [2.75, 3.05) is 12.0 Å². The minimum Gasteiger partial charge on any atom is -0.493 e. The Kier molecular flexibility index (Phi) is 4.37. The van der Waals surface area contributed by atoms with Crippen LogP contribution in [0.25, 0.3) is 20.7 Å². The van der Waals surface area contributed by atoms with E-state index in [0.717, 1.165) is 9.58 Å². The molecule has 0 amide bonds. The number of thiophene rings is 1. The zero-order chi connectivity index (χ0) is 16.4. The van der Waals surface area contributed by atoms with Gasteiger partial charge < -0.3 is 15.3 Å². The van der Waals surface area contributed by atoms with E-state index in [1.54, 1.807) is 6.07 Å². The van der Waals surface area contributed by atoms with Crippen LogP contribution in [0.2, 0.25) is 0 Å². The number of rotatable bonds is 5. The molecule has 3 aromatic rings. The summed E-state index contributed by atoms with van der Waals surface area (Å²) < 4.78 is 19.8. The van der Waals surface area contributed by atoms with Gasteiger partial charge in [0.15, 0.2) is 5.82 Å². The monoisotopic (exact) mass is 334 g/mol. The number of benzene rings is 1. The van der Waals surface area contributed by atoms with Gasteiger partial charge in [0.25, 0.3) is 0 Å². The molecule has 0 radical (unpaired) electrons. The number of anilines is 1. The van der Waals surface area contributed by atoms with E-state index in [9.17, 15) is 9.50 Å². The second kappa shape index (κ2) is 6.45. The maximum absolute atomic E-state index is 13.5. The van der Waals surface area contributed by atoms with Crippen molar-refractivity contribution in [1.29, 1.82) is 0 Å². The summed E-state index contributed by atoms with van der Waals surface area (Å²) in [5, 5.41) is 9.79. The van der Waals surface area contributed by atoms with E-state index >= 15 is 0 Å². The Morgan fingerprint density at radius 3 is 2.91 bits per heavy atom. The number of hydrogen-bond acceptors (Lipinski definition) is 7. The zero-order valence-corrected chi connectivity index (χ0v) is 13.2. The summed E-state index contributed by atoms with van der Waals surface area (Å²) in [5.74, 6) is 5.99. The highest BCUT2D eigenvalue weighted by atomic mass is 32.1. The molecule has 0 spiro atoms. The maximum Gasteiger partial charge on any atom is 0.161 e. The number of aliphatic hydroxyl groups excluding tert-OH is 1. The molecule has 0 bridgehead atoms. The minimum atomic E-state index is -0.382. The summed E-state index contributed by atoms with van der Waals surface area (Å²) in [6.45, 7) is 2.03. The summed E-state index contributed by atoms with van der Waals surface area (Å²) in [6.07, 6.45) is 1.38. The molecule has 4 N–H and O–H groups in total. The average Bonchev–Trinajstić information content (AvgIpc) is 2.93. The summed E-state index contributed by atoms with van der Waals surface area (Å²) >= 11 is 1.37. The molecule has 8 heteroatoms. The first-order valence-electron chi connectivity index (χ1n) is 6.96. The number of hydrogen-bond donors (Lipinski definition) is 3. The number of nitrogen functional groups attached to an aromatic ring is 1. The van der Waals surface area contributed by atoms with Crippen LogP contribution in [0.5, 0.6) is 5.75 Å². The Balaban J connectivity index is 2.28. The van der Waals surface area contributed by atoms with Crippen molar-refractivity contribution in [2.24, 2.45) is 5.84 Å². The van der Waals surface area contributed by atoms with Crippen LogP contribution in [-0.4, -0.2) is 21.7 Å². The van der Waals surface area contributed by atoms with Gasteiger partial charge in [-0.3, -0.25) is 0 Å². The van der Waals surface area contributed by atoms with E-state index in [0.29, 0.717) is 34.8 Å². The van der Waals surface area contributed by atoms with Crippen molar-refractivity contribution >= 4 is 27.4 Å². The van der Waals surface area contributed by atoms with Crippen molar-refractivity contribution < 1.29 is 14.2 Å². The molecule has 0 saturated heterocycles. The number of aliphatic hydroxyl groups is 1. The largest absolute Gasteiger partial charge is 0.493 e. The molecule has 3 rings (SSSR count). The molecular weight excluding hydrogens is 319 g/mol. The van der Waals surface area contributed by atoms with E-state index in [1.807, 2.05) is 6.92 Å². The van der Waals surface area contributed by atoms with Gasteiger partial charge in [0, 0.05) is 22.1 Å². The van der Waals surface area contributed by atoms with Crippen molar-refractivity contribution in [3.63, 3.8) is 0 Å². The molecule has 0 atom stereocenters. The van der Waals surface area contributed by atoms with E-state index in [-0.39, 0.29) is 12.4 Å². The lowest BCUT2D eigenvalue weighted by Crippen LogP contribution is -2.08. The smallest absolute Gasteiger partial charge is 0.161 e. The summed E-state index contributed by atoms with van der Waals surface area (Å²) in [6, 6.07) is 4.32. The topological polar surface area (TPSA) is 93.3 Å². The van der Waals surface area contributed by atoms with Gasteiger partial charge in [-0.25, -0.2) is 20.2 Å². The minimum absolute atomic E-state index is 0.209. The molecule has 0 aliphatic carbocycles. The molecule has 0 saturated carbocycles. The molecule has 1 aromatic carbocycles. The van der Waals surface area contributed by atoms with Crippen LogP contribution in [0.3, 0.4) is 0 Å². The zero-order valence-electron chi connectivity index (χ0n) is 12.3. The van der Waals surface area contributed by atoms with Crippen molar-refractivity contribution in [3.8, 4) is 16.2 Å². The van der Waals surface area contributed by atoms with Crippen LogP contribution >= 0.6 is 11.3 Å². The Hall–Kier alpha value is -2.29. The number of nitrogens with zero attached hydrogens (tertiary/aromatic N) is 2. The van der Waals surface area contributed by atoms with Gasteiger partial charge in [0.2, 0.25) is 0 Å². The fourth-order valence-electron chi connectivity index (χ4n) is 2.38. The molecule has 0 aliphatic rings. The number of nitrogens with two attached hydrogens (primary N) is 1. The number of halogens is 1. The number of aromatic nitrogens is 2. The lowest BCUT2D eigenvalue weighted by Gasteiger charge is -2.10. The van der Waals surface area contributed by atoms with Gasteiger partial charge >= 0.3 is 0 Å². The molecule has 0 fully saturated rings. The summed E-state index contributed by atoms with van der Waals surface area (Å²) in [4.78, 5) is 9.05. The van der Waals surface area contributed by atoms with Crippen LogP contribution in [0.1, 0.15) is 12.5 Å². The van der Waals surface area contributed by atoms with E-state index in [2.05, 4.69) is 15.4 Å². The molecule has 0 unspecified atom stereocenters. The Labute approximate surface area is 135 Å². The average molecular weight is 334 g/mol. The fourth-order valence-corrected chi connectivity index (χ4v) is 3.63. The van der Waals surface area contributed by atoms with Gasteiger partial charge in [-0.1, -0.05) is 0 Å². The third-order valence-corrected chi connectivity index (χ3v) is 4.61. The third-order valence-electron chi connectivity index (χ3n) is 3.35. The first kappa shape index (κ1) is 15.6. The molecule has 23 heavy (non-hydrogen) atoms. The van der Waals surface area contributed by atoms with Gasteiger partial charge in [0.1, 0.15) is 17.9 Å². The third kappa shape index (κ3) is 2.72. The lowest BCUT2D eigenvalue weighted by atomic mass is 10.1. The number of hydrazine groups is 1. The highest BCUT2D eigenvalue weighted by Gasteiger charge is 2.20. The van der Waals surface area contributed by atoms with E-state index in [4.69, 9.17) is 10.6 Å². The van der Waals surface area contributed by atoms with E-state index in [1.165, 1.54) is 29.8 Å². The van der Waals surface area contributed by atoms with Crippen molar-refractivity contribution in [3.05, 3.63) is 35.9 Å². The quantitative estimate of drug-likeness (QED) is 0.491. The number of nitrogens with one attached hydrogen (secondary N) is 1. The van der Waals surface area contributed by atoms with Crippen LogP contribution in [-0.2, 0) is 6.61 Å². The highest BCUT2D eigenvalue weighted by molar-refractivity contribution is 7.23. The van der Waals surface area contributed by atoms with Crippen LogP contribution in [0.15, 0.2) is 24.5 Å². The first-order valence-corrected chi connectivity index (χ1v) is 7.77. The van der Waals surface area contributed by atoms with Crippen molar-refractivity contribution in [2.45, 2.75) is 13.5 Å².